The molecule has 2 aromatic rings. The molecule has 0 atom stereocenters. The molecule has 0 spiro atoms. The first-order valence-electron chi connectivity index (χ1n) is 7.88. The molecule has 0 unspecified atom stereocenters. The van der Waals surface area contributed by atoms with E-state index in [-0.39, 0.29) is 0 Å². The van der Waals surface area contributed by atoms with Crippen molar-refractivity contribution in [2.24, 2.45) is 0 Å². The second-order valence-electron chi connectivity index (χ2n) is 5.63. The van der Waals surface area contributed by atoms with E-state index in [9.17, 15) is 0 Å². The van der Waals surface area contributed by atoms with Gasteiger partial charge in [-0.15, -0.1) is 0 Å². The van der Waals surface area contributed by atoms with Crippen molar-refractivity contribution in [3.05, 3.63) is 24.3 Å². The van der Waals surface area contributed by atoms with Gasteiger partial charge in [-0.25, -0.2) is 4.98 Å². The number of para-hydroxylation sites is 1. The Morgan fingerprint density at radius 1 is 1.14 bits per heavy atom. The van der Waals surface area contributed by atoms with Crippen LogP contribution in [0.5, 0.6) is 0 Å². The van der Waals surface area contributed by atoms with Gasteiger partial charge in [-0.1, -0.05) is 31.9 Å². The molecule has 4 nitrogen and oxygen atoms in total. The Bertz CT molecular complexity index is 580. The largest absolute Gasteiger partial charge is 0.357 e. The minimum atomic E-state index is 0.421. The third kappa shape index (κ3) is 3.63. The minimum Gasteiger partial charge on any atom is -0.357 e. The standard InChI is InChI=1S/C17H26N4/c1-5-6-9-12-21(13(2)3)16-14-10-7-8-11-15(14)19-17(18-4)20-16/h7-8,10-11,13H,5-6,9,12H2,1-4H3,(H,18,19,20). The van der Waals surface area contributed by atoms with Crippen molar-refractivity contribution >= 4 is 22.7 Å². The zero-order valence-corrected chi connectivity index (χ0v) is 13.6. The molecule has 0 fully saturated rings. The molecule has 0 amide bonds. The quantitative estimate of drug-likeness (QED) is 0.779. The van der Waals surface area contributed by atoms with Gasteiger partial charge in [0, 0.05) is 25.0 Å². The fourth-order valence-electron chi connectivity index (χ4n) is 2.53. The smallest absolute Gasteiger partial charge is 0.224 e. The van der Waals surface area contributed by atoms with Gasteiger partial charge >= 0.3 is 0 Å². The summed E-state index contributed by atoms with van der Waals surface area (Å²) in [7, 11) is 1.87. The summed E-state index contributed by atoms with van der Waals surface area (Å²) in [5.74, 6) is 1.72. The molecule has 0 radical (unpaired) electrons. The Morgan fingerprint density at radius 3 is 2.57 bits per heavy atom. The van der Waals surface area contributed by atoms with Crippen molar-refractivity contribution in [2.75, 3.05) is 23.8 Å². The third-order valence-electron chi connectivity index (χ3n) is 3.70. The predicted octanol–water partition coefficient (Wildman–Crippen LogP) is 4.08. The molecule has 114 valence electrons. The van der Waals surface area contributed by atoms with Crippen LogP contribution in [-0.4, -0.2) is 29.6 Å². The molecule has 1 aromatic heterocycles. The fourth-order valence-corrected chi connectivity index (χ4v) is 2.53. The van der Waals surface area contributed by atoms with Gasteiger partial charge in [0.15, 0.2) is 0 Å². The lowest BCUT2D eigenvalue weighted by Gasteiger charge is -2.29. The van der Waals surface area contributed by atoms with Gasteiger partial charge in [0.1, 0.15) is 5.82 Å². The predicted molar refractivity (Wildman–Crippen MR) is 91.1 cm³/mol. The van der Waals surface area contributed by atoms with E-state index in [0.717, 1.165) is 23.3 Å². The second kappa shape index (κ2) is 7.25. The van der Waals surface area contributed by atoms with Gasteiger partial charge in [-0.05, 0) is 32.4 Å². The number of aromatic nitrogens is 2. The van der Waals surface area contributed by atoms with Gasteiger partial charge in [0.2, 0.25) is 5.95 Å². The van der Waals surface area contributed by atoms with Crippen molar-refractivity contribution in [3.63, 3.8) is 0 Å². The number of hydrogen-bond donors (Lipinski definition) is 1. The summed E-state index contributed by atoms with van der Waals surface area (Å²) in [6.45, 7) is 7.72. The summed E-state index contributed by atoms with van der Waals surface area (Å²) in [4.78, 5) is 11.7. The Morgan fingerprint density at radius 2 is 1.90 bits per heavy atom. The van der Waals surface area contributed by atoms with Crippen LogP contribution in [0.25, 0.3) is 10.9 Å². The van der Waals surface area contributed by atoms with Crippen molar-refractivity contribution in [2.45, 2.75) is 46.1 Å². The number of nitrogens with one attached hydrogen (secondary N) is 1. The number of nitrogens with zero attached hydrogens (tertiary/aromatic N) is 3. The van der Waals surface area contributed by atoms with Crippen molar-refractivity contribution in [3.8, 4) is 0 Å². The molecule has 0 bridgehead atoms. The monoisotopic (exact) mass is 286 g/mol. The number of anilines is 2. The van der Waals surface area contributed by atoms with Gasteiger partial charge < -0.3 is 10.2 Å². The van der Waals surface area contributed by atoms with Crippen molar-refractivity contribution < 1.29 is 0 Å². The summed E-state index contributed by atoms with van der Waals surface area (Å²) < 4.78 is 0. The van der Waals surface area contributed by atoms with E-state index in [4.69, 9.17) is 4.98 Å². The van der Waals surface area contributed by atoms with E-state index >= 15 is 0 Å². The minimum absolute atomic E-state index is 0.421. The summed E-state index contributed by atoms with van der Waals surface area (Å²) >= 11 is 0. The van der Waals surface area contributed by atoms with Crippen LogP contribution >= 0.6 is 0 Å². The number of rotatable bonds is 7. The van der Waals surface area contributed by atoms with E-state index in [1.54, 1.807) is 0 Å². The van der Waals surface area contributed by atoms with Crippen LogP contribution in [0.3, 0.4) is 0 Å². The zero-order valence-electron chi connectivity index (χ0n) is 13.6. The highest BCUT2D eigenvalue weighted by Gasteiger charge is 2.16. The first-order chi connectivity index (χ1) is 10.2. The highest BCUT2D eigenvalue weighted by atomic mass is 15.2. The Kier molecular flexibility index (Phi) is 5.37. The van der Waals surface area contributed by atoms with E-state index in [2.05, 4.69) is 48.1 Å². The number of fused-ring (bicyclic) bond motifs is 1. The Hall–Kier alpha value is -1.84. The summed E-state index contributed by atoms with van der Waals surface area (Å²) in [5, 5.41) is 4.20. The third-order valence-corrected chi connectivity index (χ3v) is 3.70. The first kappa shape index (κ1) is 15.5. The number of hydrogen-bond acceptors (Lipinski definition) is 4. The van der Waals surface area contributed by atoms with Crippen LogP contribution in [0.4, 0.5) is 11.8 Å². The molecule has 1 aromatic carbocycles. The van der Waals surface area contributed by atoms with Gasteiger partial charge in [0.25, 0.3) is 0 Å². The Balaban J connectivity index is 2.44. The van der Waals surface area contributed by atoms with Crippen LogP contribution in [0, 0.1) is 0 Å². The lowest BCUT2D eigenvalue weighted by molar-refractivity contribution is 0.621. The molecule has 0 aliphatic rings. The van der Waals surface area contributed by atoms with Crippen molar-refractivity contribution in [1.29, 1.82) is 0 Å². The van der Waals surface area contributed by atoms with E-state index in [1.807, 2.05) is 19.2 Å². The van der Waals surface area contributed by atoms with Crippen LogP contribution < -0.4 is 10.2 Å². The summed E-state index contributed by atoms with van der Waals surface area (Å²) in [6.07, 6.45) is 3.69. The number of benzene rings is 1. The highest BCUT2D eigenvalue weighted by Crippen LogP contribution is 2.27. The molecular weight excluding hydrogens is 260 g/mol. The first-order valence-corrected chi connectivity index (χ1v) is 7.88. The van der Waals surface area contributed by atoms with Gasteiger partial charge in [-0.3, -0.25) is 0 Å². The number of unbranched alkanes of at least 4 members (excludes halogenated alkanes) is 2. The van der Waals surface area contributed by atoms with E-state index in [0.29, 0.717) is 12.0 Å². The van der Waals surface area contributed by atoms with Gasteiger partial charge in [0.05, 0.1) is 5.52 Å². The molecule has 21 heavy (non-hydrogen) atoms. The molecule has 4 heteroatoms. The van der Waals surface area contributed by atoms with Crippen LogP contribution in [0.15, 0.2) is 24.3 Å². The highest BCUT2D eigenvalue weighted by molar-refractivity contribution is 5.90. The molecular formula is C17H26N4. The van der Waals surface area contributed by atoms with Crippen LogP contribution in [-0.2, 0) is 0 Å². The lowest BCUT2D eigenvalue weighted by Crippen LogP contribution is -2.33. The van der Waals surface area contributed by atoms with Crippen LogP contribution in [0.1, 0.15) is 40.0 Å². The van der Waals surface area contributed by atoms with E-state index in [1.165, 1.54) is 19.3 Å². The molecule has 1 N–H and O–H groups in total. The van der Waals surface area contributed by atoms with Crippen LogP contribution in [0.2, 0.25) is 0 Å². The second-order valence-corrected chi connectivity index (χ2v) is 5.63. The maximum atomic E-state index is 4.72. The Labute approximate surface area is 127 Å². The maximum Gasteiger partial charge on any atom is 0.224 e. The maximum absolute atomic E-state index is 4.72. The molecule has 0 aliphatic carbocycles. The average molecular weight is 286 g/mol. The molecule has 0 saturated heterocycles. The summed E-state index contributed by atoms with van der Waals surface area (Å²) in [5.41, 5.74) is 0.994. The fraction of sp³-hybridized carbons (Fsp3) is 0.529. The topological polar surface area (TPSA) is 41.1 Å². The molecule has 0 saturated carbocycles. The zero-order chi connectivity index (χ0) is 15.2. The summed E-state index contributed by atoms with van der Waals surface area (Å²) in [6, 6.07) is 8.66. The SMILES string of the molecule is CCCCCN(c1nc(NC)nc2ccccc12)C(C)C. The molecule has 0 aliphatic heterocycles. The lowest BCUT2D eigenvalue weighted by atomic mass is 10.1. The van der Waals surface area contributed by atoms with Crippen molar-refractivity contribution in [1.82, 2.24) is 9.97 Å². The van der Waals surface area contributed by atoms with E-state index < -0.39 is 0 Å². The normalized spacial score (nSPS) is 11.1. The van der Waals surface area contributed by atoms with Gasteiger partial charge in [-0.2, -0.15) is 4.98 Å². The molecule has 1 heterocycles. The average Bonchev–Trinajstić information content (AvgIpc) is 2.50. The molecule has 2 rings (SSSR count).